The number of piperidine rings is 1. The minimum Gasteiger partial charge on any atom is -0.479 e. The van der Waals surface area contributed by atoms with Crippen molar-refractivity contribution in [2.24, 2.45) is 7.05 Å². The summed E-state index contributed by atoms with van der Waals surface area (Å²) in [7, 11) is 3.21. The zero-order valence-corrected chi connectivity index (χ0v) is 14.7. The van der Waals surface area contributed by atoms with Gasteiger partial charge in [-0.05, 0) is 43.5 Å². The number of rotatable bonds is 4. The molecule has 0 spiro atoms. The maximum absolute atomic E-state index is 12.4. The number of hydrogen-bond acceptors (Lipinski definition) is 4. The van der Waals surface area contributed by atoms with Crippen molar-refractivity contribution in [1.29, 1.82) is 0 Å². The summed E-state index contributed by atoms with van der Waals surface area (Å²) < 4.78 is 6.65. The van der Waals surface area contributed by atoms with Crippen LogP contribution < -0.4 is 15.0 Å². The van der Waals surface area contributed by atoms with Gasteiger partial charge in [0.25, 0.3) is 5.91 Å². The molecular weight excluding hydrogens is 320 g/mol. The van der Waals surface area contributed by atoms with Crippen molar-refractivity contribution in [2.45, 2.75) is 26.2 Å². The SMILES string of the molecule is COc1nn(C)cc1C(=O)Nc1ccc(N2CCCCC2=O)c(C)c1. The van der Waals surface area contributed by atoms with Gasteiger partial charge in [0.15, 0.2) is 0 Å². The monoisotopic (exact) mass is 342 g/mol. The predicted molar refractivity (Wildman–Crippen MR) is 95.1 cm³/mol. The standard InChI is InChI=1S/C18H22N4O3/c1-12-10-13(7-8-15(12)22-9-5-4-6-16(22)23)19-17(24)14-11-21(2)20-18(14)25-3/h7-8,10-11H,4-6,9H2,1-3H3,(H,19,24). The molecule has 1 aliphatic rings. The maximum Gasteiger partial charge on any atom is 0.262 e. The minimum absolute atomic E-state index is 0.159. The predicted octanol–water partition coefficient (Wildman–Crippen LogP) is 2.51. The smallest absolute Gasteiger partial charge is 0.262 e. The third kappa shape index (κ3) is 3.50. The van der Waals surface area contributed by atoms with E-state index in [1.54, 1.807) is 13.2 Å². The van der Waals surface area contributed by atoms with E-state index in [1.165, 1.54) is 11.8 Å². The highest BCUT2D eigenvalue weighted by Crippen LogP contribution is 2.27. The van der Waals surface area contributed by atoms with Crippen molar-refractivity contribution in [3.05, 3.63) is 35.5 Å². The number of benzene rings is 1. The van der Waals surface area contributed by atoms with E-state index < -0.39 is 0 Å². The first kappa shape index (κ1) is 17.0. The number of methoxy groups -OCH3 is 1. The molecule has 2 amide bonds. The van der Waals surface area contributed by atoms with Crippen molar-refractivity contribution < 1.29 is 14.3 Å². The average molecular weight is 342 g/mol. The Morgan fingerprint density at radius 3 is 2.80 bits per heavy atom. The second kappa shape index (κ2) is 6.96. The van der Waals surface area contributed by atoms with Crippen LogP contribution >= 0.6 is 0 Å². The zero-order chi connectivity index (χ0) is 18.0. The average Bonchev–Trinajstić information content (AvgIpc) is 2.97. The lowest BCUT2D eigenvalue weighted by Gasteiger charge is -2.28. The molecule has 3 rings (SSSR count). The van der Waals surface area contributed by atoms with E-state index in [4.69, 9.17) is 4.74 Å². The molecule has 0 saturated carbocycles. The van der Waals surface area contributed by atoms with Gasteiger partial charge in [0, 0.05) is 37.6 Å². The van der Waals surface area contributed by atoms with Crippen LogP contribution in [0.4, 0.5) is 11.4 Å². The van der Waals surface area contributed by atoms with E-state index >= 15 is 0 Å². The van der Waals surface area contributed by atoms with Gasteiger partial charge in [-0.3, -0.25) is 14.3 Å². The van der Waals surface area contributed by atoms with Crippen molar-refractivity contribution >= 4 is 23.2 Å². The van der Waals surface area contributed by atoms with Crippen LogP contribution in [-0.4, -0.2) is 35.2 Å². The number of hydrogen-bond donors (Lipinski definition) is 1. The molecule has 0 atom stereocenters. The fraction of sp³-hybridized carbons (Fsp3) is 0.389. The summed E-state index contributed by atoms with van der Waals surface area (Å²) in [6.07, 6.45) is 4.18. The summed E-state index contributed by atoms with van der Waals surface area (Å²) in [5, 5.41) is 6.94. The molecule has 1 N–H and O–H groups in total. The van der Waals surface area contributed by atoms with E-state index in [0.29, 0.717) is 17.7 Å². The highest BCUT2D eigenvalue weighted by Gasteiger charge is 2.21. The number of nitrogens with zero attached hydrogens (tertiary/aromatic N) is 3. The molecular formula is C18H22N4O3. The summed E-state index contributed by atoms with van der Waals surface area (Å²) in [4.78, 5) is 26.4. The molecule has 132 valence electrons. The minimum atomic E-state index is -0.286. The van der Waals surface area contributed by atoms with Crippen LogP contribution in [0.1, 0.15) is 35.2 Å². The van der Waals surface area contributed by atoms with E-state index in [-0.39, 0.29) is 17.7 Å². The Labute approximate surface area is 146 Å². The number of aromatic nitrogens is 2. The molecule has 1 saturated heterocycles. The topological polar surface area (TPSA) is 76.5 Å². The number of carbonyl (C=O) groups is 2. The molecule has 0 radical (unpaired) electrons. The Bertz CT molecular complexity index is 813. The van der Waals surface area contributed by atoms with Gasteiger partial charge >= 0.3 is 0 Å². The first-order valence-electron chi connectivity index (χ1n) is 8.29. The Morgan fingerprint density at radius 1 is 1.32 bits per heavy atom. The van der Waals surface area contributed by atoms with Crippen LogP contribution in [0.2, 0.25) is 0 Å². The lowest BCUT2D eigenvalue weighted by Crippen LogP contribution is -2.35. The Hall–Kier alpha value is -2.83. The number of anilines is 2. The van der Waals surface area contributed by atoms with Crippen LogP contribution in [0.15, 0.2) is 24.4 Å². The van der Waals surface area contributed by atoms with Crippen LogP contribution in [0.25, 0.3) is 0 Å². The molecule has 2 aromatic rings. The highest BCUT2D eigenvalue weighted by atomic mass is 16.5. The van der Waals surface area contributed by atoms with Gasteiger partial charge in [-0.25, -0.2) is 0 Å². The van der Waals surface area contributed by atoms with Gasteiger partial charge in [0.1, 0.15) is 5.56 Å². The second-order valence-corrected chi connectivity index (χ2v) is 6.18. The van der Waals surface area contributed by atoms with Crippen molar-refractivity contribution in [1.82, 2.24) is 9.78 Å². The molecule has 1 aromatic carbocycles. The van der Waals surface area contributed by atoms with E-state index in [2.05, 4.69) is 10.4 Å². The van der Waals surface area contributed by atoms with Crippen molar-refractivity contribution in [3.8, 4) is 5.88 Å². The Morgan fingerprint density at radius 2 is 2.12 bits per heavy atom. The molecule has 2 heterocycles. The van der Waals surface area contributed by atoms with Crippen LogP contribution in [0.5, 0.6) is 5.88 Å². The van der Waals surface area contributed by atoms with E-state index in [9.17, 15) is 9.59 Å². The number of ether oxygens (including phenoxy) is 1. The lowest BCUT2D eigenvalue weighted by molar-refractivity contribution is -0.119. The fourth-order valence-electron chi connectivity index (χ4n) is 3.07. The molecule has 0 unspecified atom stereocenters. The number of aryl methyl sites for hydroxylation is 2. The van der Waals surface area contributed by atoms with Crippen LogP contribution in [0.3, 0.4) is 0 Å². The van der Waals surface area contributed by atoms with Gasteiger partial charge in [0.05, 0.1) is 7.11 Å². The summed E-state index contributed by atoms with van der Waals surface area (Å²) in [5.74, 6) is 0.157. The molecule has 1 aliphatic heterocycles. The van der Waals surface area contributed by atoms with E-state index in [0.717, 1.165) is 30.6 Å². The zero-order valence-electron chi connectivity index (χ0n) is 14.7. The van der Waals surface area contributed by atoms with Crippen molar-refractivity contribution in [3.63, 3.8) is 0 Å². The lowest BCUT2D eigenvalue weighted by atomic mass is 10.1. The van der Waals surface area contributed by atoms with E-state index in [1.807, 2.05) is 30.0 Å². The van der Waals surface area contributed by atoms with Gasteiger partial charge in [-0.15, -0.1) is 5.10 Å². The third-order valence-electron chi connectivity index (χ3n) is 4.30. The quantitative estimate of drug-likeness (QED) is 0.926. The molecule has 1 aromatic heterocycles. The van der Waals surface area contributed by atoms with Crippen LogP contribution in [0, 0.1) is 6.92 Å². The van der Waals surface area contributed by atoms with Gasteiger partial charge < -0.3 is 15.0 Å². The molecule has 7 heteroatoms. The highest BCUT2D eigenvalue weighted by molar-refractivity contribution is 6.06. The molecule has 0 aliphatic carbocycles. The maximum atomic E-state index is 12.4. The largest absolute Gasteiger partial charge is 0.479 e. The molecule has 0 bridgehead atoms. The van der Waals surface area contributed by atoms with Crippen molar-refractivity contribution in [2.75, 3.05) is 23.9 Å². The Kier molecular flexibility index (Phi) is 4.74. The number of carbonyl (C=O) groups excluding carboxylic acids is 2. The van der Waals surface area contributed by atoms with Crippen LogP contribution in [-0.2, 0) is 11.8 Å². The summed E-state index contributed by atoms with van der Waals surface area (Å²) >= 11 is 0. The Balaban J connectivity index is 1.78. The first-order chi connectivity index (χ1) is 12.0. The number of amides is 2. The van der Waals surface area contributed by atoms with Gasteiger partial charge in [-0.1, -0.05) is 0 Å². The summed E-state index contributed by atoms with van der Waals surface area (Å²) in [6, 6.07) is 5.57. The third-order valence-corrected chi connectivity index (χ3v) is 4.30. The summed E-state index contributed by atoms with van der Waals surface area (Å²) in [6.45, 7) is 2.69. The molecule has 7 nitrogen and oxygen atoms in total. The molecule has 25 heavy (non-hydrogen) atoms. The molecule has 1 fully saturated rings. The van der Waals surface area contributed by atoms with Gasteiger partial charge in [0.2, 0.25) is 11.8 Å². The second-order valence-electron chi connectivity index (χ2n) is 6.18. The summed E-state index contributed by atoms with van der Waals surface area (Å²) in [5.41, 5.74) is 2.90. The normalized spacial score (nSPS) is 14.5. The van der Waals surface area contributed by atoms with Gasteiger partial charge in [-0.2, -0.15) is 0 Å². The first-order valence-corrected chi connectivity index (χ1v) is 8.29. The number of nitrogens with one attached hydrogen (secondary N) is 1. The fourth-order valence-corrected chi connectivity index (χ4v) is 3.07.